The molecule has 1 aliphatic rings. The first kappa shape index (κ1) is 22.1. The lowest BCUT2D eigenvalue weighted by atomic mass is 9.99. The number of nitrogens with one attached hydrogen (secondary N) is 1. The van der Waals surface area contributed by atoms with E-state index in [4.69, 9.17) is 21.1 Å². The van der Waals surface area contributed by atoms with Crippen LogP contribution in [0.3, 0.4) is 0 Å². The Morgan fingerprint density at radius 1 is 1.20 bits per heavy atom. The second kappa shape index (κ2) is 8.62. The van der Waals surface area contributed by atoms with Gasteiger partial charge in [0, 0.05) is 16.7 Å². The Morgan fingerprint density at radius 3 is 2.53 bits per heavy atom. The van der Waals surface area contributed by atoms with Crippen molar-refractivity contribution in [3.8, 4) is 5.75 Å². The molecule has 1 aliphatic heterocycles. The molecular formula is C22H24ClFN2O4. The molecule has 2 amide bonds. The molecule has 2 aromatic rings. The summed E-state index contributed by atoms with van der Waals surface area (Å²) >= 11 is 6.07. The third-order valence-corrected chi connectivity index (χ3v) is 5.05. The maximum absolute atomic E-state index is 13.4. The van der Waals surface area contributed by atoms with Crippen molar-refractivity contribution in [2.45, 2.75) is 46.3 Å². The van der Waals surface area contributed by atoms with E-state index in [1.165, 1.54) is 11.1 Å². The van der Waals surface area contributed by atoms with Gasteiger partial charge in [-0.15, -0.1) is 0 Å². The highest BCUT2D eigenvalue weighted by atomic mass is 35.5. The second-order valence-corrected chi connectivity index (χ2v) is 8.33. The zero-order valence-electron chi connectivity index (χ0n) is 17.3. The summed E-state index contributed by atoms with van der Waals surface area (Å²) in [5.74, 6) is -0.895. The van der Waals surface area contributed by atoms with Crippen LogP contribution < -0.4 is 10.2 Å². The van der Waals surface area contributed by atoms with Gasteiger partial charge in [0.2, 0.25) is 0 Å². The van der Waals surface area contributed by atoms with E-state index in [-0.39, 0.29) is 17.4 Å². The van der Waals surface area contributed by atoms with Gasteiger partial charge in [-0.1, -0.05) is 24.6 Å². The van der Waals surface area contributed by atoms with Gasteiger partial charge in [-0.05, 0) is 51.5 Å². The number of fused-ring (bicyclic) bond motifs is 1. The van der Waals surface area contributed by atoms with Gasteiger partial charge >= 0.3 is 0 Å². The Labute approximate surface area is 179 Å². The predicted octanol–water partition coefficient (Wildman–Crippen LogP) is 4.49. The average Bonchev–Trinajstić information content (AvgIpc) is 2.69. The zero-order valence-corrected chi connectivity index (χ0v) is 18.1. The van der Waals surface area contributed by atoms with E-state index in [2.05, 4.69) is 5.43 Å². The average molecular weight is 435 g/mol. The number of benzene rings is 2. The van der Waals surface area contributed by atoms with Crippen LogP contribution in [0.1, 0.15) is 59.5 Å². The number of hydrogen-bond donors (Lipinski definition) is 1. The highest BCUT2D eigenvalue weighted by Gasteiger charge is 2.32. The smallest absolute Gasteiger partial charge is 0.274 e. The molecule has 0 aliphatic carbocycles. The molecule has 6 nitrogen and oxygen atoms in total. The number of carbonyl (C=O) groups excluding carboxylic acids is 2. The number of hydrazine groups is 1. The van der Waals surface area contributed by atoms with Crippen LogP contribution in [0.25, 0.3) is 0 Å². The standard InChI is InChI=1S/C22H24ClFN2O4/c1-5-15-16(8-6-13-11-29-12-30-19(13)15)20(27)25-26(22(2,3)4)21(28)17-9-7-14(24)10-18(17)23/h6-10H,5,11-12H2,1-4H3,(H,25,27). The molecule has 0 bridgehead atoms. The van der Waals surface area contributed by atoms with Crippen molar-refractivity contribution in [2.24, 2.45) is 0 Å². The first-order chi connectivity index (χ1) is 14.1. The van der Waals surface area contributed by atoms with E-state index in [9.17, 15) is 14.0 Å². The van der Waals surface area contributed by atoms with Crippen LogP contribution >= 0.6 is 11.6 Å². The molecule has 160 valence electrons. The van der Waals surface area contributed by atoms with Crippen LogP contribution in [0.5, 0.6) is 5.75 Å². The Balaban J connectivity index is 1.94. The van der Waals surface area contributed by atoms with Gasteiger partial charge < -0.3 is 9.47 Å². The minimum Gasteiger partial charge on any atom is -0.467 e. The Kier molecular flexibility index (Phi) is 6.33. The van der Waals surface area contributed by atoms with Crippen LogP contribution in [0.2, 0.25) is 5.02 Å². The number of hydrogen-bond acceptors (Lipinski definition) is 4. The fraction of sp³-hybridized carbons (Fsp3) is 0.364. The molecule has 0 saturated carbocycles. The predicted molar refractivity (Wildman–Crippen MR) is 111 cm³/mol. The maximum atomic E-state index is 13.4. The van der Waals surface area contributed by atoms with Crippen LogP contribution in [0.4, 0.5) is 4.39 Å². The first-order valence-electron chi connectivity index (χ1n) is 9.59. The highest BCUT2D eigenvalue weighted by molar-refractivity contribution is 6.33. The number of nitrogens with zero attached hydrogens (tertiary/aromatic N) is 1. The molecule has 1 N–H and O–H groups in total. The summed E-state index contributed by atoms with van der Waals surface area (Å²) in [4.78, 5) is 26.3. The number of carbonyl (C=O) groups is 2. The summed E-state index contributed by atoms with van der Waals surface area (Å²) < 4.78 is 24.3. The van der Waals surface area contributed by atoms with Crippen molar-refractivity contribution in [1.29, 1.82) is 0 Å². The van der Waals surface area contributed by atoms with Gasteiger partial charge in [-0.3, -0.25) is 15.0 Å². The van der Waals surface area contributed by atoms with E-state index in [0.717, 1.165) is 23.3 Å². The molecule has 3 rings (SSSR count). The van der Waals surface area contributed by atoms with E-state index >= 15 is 0 Å². The van der Waals surface area contributed by atoms with Crippen LogP contribution in [0, 0.1) is 5.82 Å². The van der Waals surface area contributed by atoms with Gasteiger partial charge in [0.05, 0.1) is 22.7 Å². The molecule has 0 atom stereocenters. The topological polar surface area (TPSA) is 67.9 Å². The van der Waals surface area contributed by atoms with E-state index in [1.807, 2.05) is 6.92 Å². The maximum Gasteiger partial charge on any atom is 0.274 e. The lowest BCUT2D eigenvalue weighted by Gasteiger charge is -2.36. The SMILES string of the molecule is CCc1c(C(=O)NN(C(=O)c2ccc(F)cc2Cl)C(C)(C)C)ccc2c1OCOC2. The molecule has 0 radical (unpaired) electrons. The molecule has 0 unspecified atom stereocenters. The summed E-state index contributed by atoms with van der Waals surface area (Å²) in [6, 6.07) is 6.99. The summed E-state index contributed by atoms with van der Waals surface area (Å²) in [7, 11) is 0. The summed E-state index contributed by atoms with van der Waals surface area (Å²) in [5.41, 5.74) is 4.05. The molecule has 8 heteroatoms. The first-order valence-corrected chi connectivity index (χ1v) is 9.97. The van der Waals surface area contributed by atoms with Gasteiger partial charge in [0.25, 0.3) is 11.8 Å². The molecule has 0 fully saturated rings. The molecule has 30 heavy (non-hydrogen) atoms. The van der Waals surface area contributed by atoms with Gasteiger partial charge in [-0.25, -0.2) is 9.40 Å². The molecule has 1 heterocycles. The van der Waals surface area contributed by atoms with Crippen molar-refractivity contribution >= 4 is 23.4 Å². The highest BCUT2D eigenvalue weighted by Crippen LogP contribution is 2.31. The number of rotatable bonds is 3. The zero-order chi connectivity index (χ0) is 22.1. The fourth-order valence-corrected chi connectivity index (χ4v) is 3.50. The number of halogens is 2. The second-order valence-electron chi connectivity index (χ2n) is 7.92. The molecule has 0 spiro atoms. The third-order valence-electron chi connectivity index (χ3n) is 4.73. The fourth-order valence-electron chi connectivity index (χ4n) is 3.25. The minimum absolute atomic E-state index is 0.0278. The molecule has 2 aromatic carbocycles. The Bertz CT molecular complexity index is 988. The van der Waals surface area contributed by atoms with E-state index in [1.54, 1.807) is 32.9 Å². The quantitative estimate of drug-likeness (QED) is 0.722. The summed E-state index contributed by atoms with van der Waals surface area (Å²) in [6.45, 7) is 7.79. The monoisotopic (exact) mass is 434 g/mol. The van der Waals surface area contributed by atoms with Gasteiger partial charge in [0.1, 0.15) is 11.6 Å². The normalized spacial score (nSPS) is 13.3. The summed E-state index contributed by atoms with van der Waals surface area (Å²) in [5, 5.41) is 1.18. The van der Waals surface area contributed by atoms with Crippen molar-refractivity contribution < 1.29 is 23.5 Å². The Morgan fingerprint density at radius 2 is 1.90 bits per heavy atom. The van der Waals surface area contributed by atoms with Crippen molar-refractivity contribution in [1.82, 2.24) is 10.4 Å². The third kappa shape index (κ3) is 4.42. The number of ether oxygens (including phenoxy) is 2. The van der Waals surface area contributed by atoms with Crippen molar-refractivity contribution in [2.75, 3.05) is 6.79 Å². The van der Waals surface area contributed by atoms with Crippen molar-refractivity contribution in [3.05, 3.63) is 63.4 Å². The summed E-state index contributed by atoms with van der Waals surface area (Å²) in [6.07, 6.45) is 0.569. The van der Waals surface area contributed by atoms with Gasteiger partial charge in [-0.2, -0.15) is 0 Å². The lowest BCUT2D eigenvalue weighted by molar-refractivity contribution is -0.0170. The van der Waals surface area contributed by atoms with Crippen LogP contribution in [0.15, 0.2) is 30.3 Å². The molecule has 0 saturated heterocycles. The lowest BCUT2D eigenvalue weighted by Crippen LogP contribution is -2.56. The van der Waals surface area contributed by atoms with Gasteiger partial charge in [0.15, 0.2) is 6.79 Å². The largest absolute Gasteiger partial charge is 0.467 e. The van der Waals surface area contributed by atoms with E-state index < -0.39 is 23.2 Å². The van der Waals surface area contributed by atoms with Crippen LogP contribution in [-0.2, 0) is 17.8 Å². The minimum atomic E-state index is -0.768. The Hall–Kier alpha value is -2.64. The van der Waals surface area contributed by atoms with Crippen LogP contribution in [-0.4, -0.2) is 29.2 Å². The van der Waals surface area contributed by atoms with E-state index in [0.29, 0.717) is 24.3 Å². The molecule has 0 aromatic heterocycles. The van der Waals surface area contributed by atoms with Crippen molar-refractivity contribution in [3.63, 3.8) is 0 Å². The molecular weight excluding hydrogens is 411 g/mol. The number of amides is 2.